The third-order valence-corrected chi connectivity index (χ3v) is 5.72. The van der Waals surface area contributed by atoms with Gasteiger partial charge in [0.15, 0.2) is 13.3 Å². The van der Waals surface area contributed by atoms with Crippen LogP contribution in [0.4, 0.5) is 5.95 Å². The van der Waals surface area contributed by atoms with Gasteiger partial charge in [-0.25, -0.2) is 4.98 Å². The van der Waals surface area contributed by atoms with Gasteiger partial charge in [0.1, 0.15) is 0 Å². The molecule has 2 aromatic rings. The molecule has 1 aliphatic carbocycles. The molecule has 2 N–H and O–H groups in total. The van der Waals surface area contributed by atoms with E-state index in [0.29, 0.717) is 0 Å². The Labute approximate surface area is 126 Å². The van der Waals surface area contributed by atoms with E-state index in [1.807, 2.05) is 0 Å². The lowest BCUT2D eigenvalue weighted by Gasteiger charge is -2.40. The number of rotatable bonds is 1. The minimum Gasteiger partial charge on any atom is -0.309 e. The maximum atomic E-state index is 4.71. The fraction of sp³-hybridized carbons (Fsp3) is 0.588. The van der Waals surface area contributed by atoms with E-state index in [-0.39, 0.29) is 0 Å². The summed E-state index contributed by atoms with van der Waals surface area (Å²) in [6, 6.07) is 9.24. The van der Waals surface area contributed by atoms with Crippen molar-refractivity contribution in [2.45, 2.75) is 45.8 Å². The zero-order valence-corrected chi connectivity index (χ0v) is 13.0. The number of nitrogens with zero attached hydrogens (tertiary/aromatic N) is 2. The molecule has 1 unspecified atom stereocenters. The number of aromatic nitrogens is 2. The standard InChI is InChI=1S/C17H24N4/c1-12-6-5-9-15(13(12)2)20-10-18-17-19-14-7-3-4-8-16(14)21(17)11-20/h3-4,7-8,12-13,15H,5-6,9-11H2,1-2H3,(H,18,19)/p+1/t12-,13-,15-/m1/s1. The number of quaternary nitrogens is 1. The largest absolute Gasteiger partial charge is 0.309 e. The Morgan fingerprint density at radius 2 is 2.10 bits per heavy atom. The van der Waals surface area contributed by atoms with Crippen LogP contribution in [-0.2, 0) is 6.67 Å². The molecule has 0 amide bonds. The van der Waals surface area contributed by atoms with E-state index in [2.05, 4.69) is 48.0 Å². The molecule has 1 aromatic carbocycles. The van der Waals surface area contributed by atoms with Crippen molar-refractivity contribution in [1.29, 1.82) is 0 Å². The molecule has 0 radical (unpaired) electrons. The van der Waals surface area contributed by atoms with Gasteiger partial charge in [0.05, 0.1) is 17.1 Å². The van der Waals surface area contributed by atoms with Crippen LogP contribution in [0.1, 0.15) is 33.1 Å². The van der Waals surface area contributed by atoms with Gasteiger partial charge in [-0.15, -0.1) is 0 Å². The van der Waals surface area contributed by atoms with Crippen LogP contribution < -0.4 is 10.2 Å². The Morgan fingerprint density at radius 1 is 1.24 bits per heavy atom. The van der Waals surface area contributed by atoms with Crippen molar-refractivity contribution in [2.75, 3.05) is 12.0 Å². The third kappa shape index (κ3) is 2.13. The van der Waals surface area contributed by atoms with Gasteiger partial charge >= 0.3 is 0 Å². The molecule has 1 aliphatic heterocycles. The normalized spacial score (nSPS) is 32.7. The highest BCUT2D eigenvalue weighted by Crippen LogP contribution is 2.28. The third-order valence-electron chi connectivity index (χ3n) is 5.72. The van der Waals surface area contributed by atoms with Crippen molar-refractivity contribution in [3.8, 4) is 0 Å². The highest BCUT2D eigenvalue weighted by atomic mass is 15.4. The first kappa shape index (κ1) is 13.1. The van der Waals surface area contributed by atoms with Crippen LogP contribution in [0, 0.1) is 11.8 Å². The van der Waals surface area contributed by atoms with Crippen molar-refractivity contribution in [3.63, 3.8) is 0 Å². The van der Waals surface area contributed by atoms with E-state index in [1.54, 1.807) is 4.90 Å². The van der Waals surface area contributed by atoms with Crippen molar-refractivity contribution in [2.24, 2.45) is 11.8 Å². The second-order valence-corrected chi connectivity index (χ2v) is 6.90. The molecule has 4 atom stereocenters. The number of anilines is 1. The van der Waals surface area contributed by atoms with E-state index in [9.17, 15) is 0 Å². The smallest absolute Gasteiger partial charge is 0.212 e. The number of hydrogen-bond acceptors (Lipinski definition) is 2. The molecule has 0 spiro atoms. The van der Waals surface area contributed by atoms with E-state index in [0.717, 1.165) is 42.7 Å². The molecule has 21 heavy (non-hydrogen) atoms. The van der Waals surface area contributed by atoms with Crippen molar-refractivity contribution >= 4 is 17.0 Å². The van der Waals surface area contributed by atoms with E-state index < -0.39 is 0 Å². The van der Waals surface area contributed by atoms with Gasteiger partial charge in [0, 0.05) is 5.92 Å². The van der Waals surface area contributed by atoms with Crippen LogP contribution in [0.25, 0.3) is 11.0 Å². The number of nitrogens with one attached hydrogen (secondary N) is 2. The Bertz CT molecular complexity index is 647. The predicted molar refractivity (Wildman–Crippen MR) is 85.2 cm³/mol. The highest BCUT2D eigenvalue weighted by molar-refractivity contribution is 5.78. The zero-order chi connectivity index (χ0) is 14.4. The minimum atomic E-state index is 0.774. The van der Waals surface area contributed by atoms with E-state index >= 15 is 0 Å². The molecular formula is C17H25N4+. The summed E-state index contributed by atoms with van der Waals surface area (Å²) in [5.74, 6) is 2.71. The van der Waals surface area contributed by atoms with Crippen LogP contribution in [0.15, 0.2) is 24.3 Å². The Balaban J connectivity index is 1.64. The summed E-state index contributed by atoms with van der Waals surface area (Å²) in [6.45, 7) is 6.92. The topological polar surface area (TPSA) is 34.3 Å². The SMILES string of the molecule is C[C@@H]1[C@H](C)CCC[C@H]1[NH+]1CNc2nc3ccccc3n2C1. The summed E-state index contributed by atoms with van der Waals surface area (Å²) in [5.41, 5.74) is 2.36. The molecule has 4 heteroatoms. The molecule has 2 aliphatic rings. The average Bonchev–Trinajstić information content (AvgIpc) is 2.88. The first-order valence-electron chi connectivity index (χ1n) is 8.28. The fourth-order valence-corrected chi connectivity index (χ4v) is 4.23. The Morgan fingerprint density at radius 3 is 3.00 bits per heavy atom. The summed E-state index contributed by atoms with van der Waals surface area (Å²) in [7, 11) is 0. The first-order valence-corrected chi connectivity index (χ1v) is 8.28. The van der Waals surface area contributed by atoms with Gasteiger partial charge in [-0.3, -0.25) is 9.47 Å². The molecule has 1 fully saturated rings. The summed E-state index contributed by atoms with van der Waals surface area (Å²) in [5, 5.41) is 3.55. The number of benzene rings is 1. The van der Waals surface area contributed by atoms with Crippen LogP contribution in [-0.4, -0.2) is 22.3 Å². The monoisotopic (exact) mass is 285 g/mol. The summed E-state index contributed by atoms with van der Waals surface area (Å²) >= 11 is 0. The van der Waals surface area contributed by atoms with Gasteiger partial charge in [-0.1, -0.05) is 26.0 Å². The van der Waals surface area contributed by atoms with Gasteiger partial charge in [-0.2, -0.15) is 0 Å². The average molecular weight is 285 g/mol. The predicted octanol–water partition coefficient (Wildman–Crippen LogP) is 2.09. The first-order chi connectivity index (χ1) is 10.2. The molecule has 112 valence electrons. The lowest BCUT2D eigenvalue weighted by atomic mass is 9.77. The molecule has 4 nitrogen and oxygen atoms in total. The lowest BCUT2D eigenvalue weighted by Crippen LogP contribution is -3.17. The van der Waals surface area contributed by atoms with Gasteiger partial charge in [-0.05, 0) is 37.3 Å². The molecule has 0 saturated heterocycles. The van der Waals surface area contributed by atoms with Crippen LogP contribution in [0.3, 0.4) is 0 Å². The van der Waals surface area contributed by atoms with Crippen molar-refractivity contribution in [1.82, 2.24) is 9.55 Å². The number of para-hydroxylation sites is 2. The Kier molecular flexibility index (Phi) is 3.14. The van der Waals surface area contributed by atoms with Crippen molar-refractivity contribution < 1.29 is 4.90 Å². The highest BCUT2D eigenvalue weighted by Gasteiger charge is 2.36. The maximum absolute atomic E-state index is 4.71. The molecule has 1 saturated carbocycles. The fourth-order valence-electron chi connectivity index (χ4n) is 4.23. The lowest BCUT2D eigenvalue weighted by molar-refractivity contribution is -0.951. The molecule has 2 heterocycles. The molecule has 0 bridgehead atoms. The second-order valence-electron chi connectivity index (χ2n) is 6.90. The quantitative estimate of drug-likeness (QED) is 0.841. The van der Waals surface area contributed by atoms with Crippen LogP contribution >= 0.6 is 0 Å². The van der Waals surface area contributed by atoms with Gasteiger partial charge < -0.3 is 5.32 Å². The number of hydrogen-bond donors (Lipinski definition) is 2. The Hall–Kier alpha value is -1.55. The van der Waals surface area contributed by atoms with E-state index in [4.69, 9.17) is 4.98 Å². The molecule has 4 rings (SSSR count). The minimum absolute atomic E-state index is 0.774. The molecular weight excluding hydrogens is 260 g/mol. The zero-order valence-electron chi connectivity index (χ0n) is 13.0. The van der Waals surface area contributed by atoms with Gasteiger partial charge in [0.25, 0.3) is 0 Å². The van der Waals surface area contributed by atoms with E-state index in [1.165, 1.54) is 24.8 Å². The number of imidazole rings is 1. The molecule has 1 aromatic heterocycles. The summed E-state index contributed by atoms with van der Waals surface area (Å²) < 4.78 is 2.36. The summed E-state index contributed by atoms with van der Waals surface area (Å²) in [4.78, 5) is 6.38. The second kappa shape index (κ2) is 5.02. The van der Waals surface area contributed by atoms with Gasteiger partial charge in [0.2, 0.25) is 5.95 Å². The van der Waals surface area contributed by atoms with Crippen molar-refractivity contribution in [3.05, 3.63) is 24.3 Å². The number of fused-ring (bicyclic) bond motifs is 3. The maximum Gasteiger partial charge on any atom is 0.212 e. The van der Waals surface area contributed by atoms with Crippen LogP contribution in [0.5, 0.6) is 0 Å². The van der Waals surface area contributed by atoms with Crippen LogP contribution in [0.2, 0.25) is 0 Å². The summed E-state index contributed by atoms with van der Waals surface area (Å²) in [6.07, 6.45) is 4.15.